The molecule has 7 heteroatoms. The van der Waals surface area contributed by atoms with Crippen molar-refractivity contribution in [3.8, 4) is 0 Å². The number of rotatable bonds is 3. The maximum Gasteiger partial charge on any atom is 0.301 e. The summed E-state index contributed by atoms with van der Waals surface area (Å²) in [7, 11) is 0. The Kier molecular flexibility index (Phi) is 5.04. The lowest BCUT2D eigenvalue weighted by atomic mass is 9.95. The van der Waals surface area contributed by atoms with Crippen molar-refractivity contribution in [1.82, 2.24) is 4.98 Å². The van der Waals surface area contributed by atoms with Gasteiger partial charge in [0.05, 0.1) is 21.8 Å². The van der Waals surface area contributed by atoms with Gasteiger partial charge in [-0.15, -0.1) is 0 Å². The van der Waals surface area contributed by atoms with E-state index in [4.69, 9.17) is 11.6 Å². The van der Waals surface area contributed by atoms with Crippen molar-refractivity contribution in [2.24, 2.45) is 0 Å². The fraction of sp³-hybridized carbons (Fsp3) is 0.0800. The van der Waals surface area contributed by atoms with Crippen molar-refractivity contribution in [2.75, 3.05) is 4.90 Å². The number of carbonyl (C=O) groups excluding carboxylic acids is 2. The van der Waals surface area contributed by atoms with Gasteiger partial charge < -0.3 is 5.11 Å². The van der Waals surface area contributed by atoms with Crippen LogP contribution < -0.4 is 4.90 Å². The summed E-state index contributed by atoms with van der Waals surface area (Å²) in [5, 5.41) is 12.0. The largest absolute Gasteiger partial charge is 0.507 e. The predicted molar refractivity (Wildman–Crippen MR) is 127 cm³/mol. The molecule has 1 amide bonds. The van der Waals surface area contributed by atoms with E-state index in [-0.39, 0.29) is 11.3 Å². The molecule has 5 nitrogen and oxygen atoms in total. The Hall–Kier alpha value is -3.48. The van der Waals surface area contributed by atoms with Crippen LogP contribution in [0.3, 0.4) is 0 Å². The predicted octanol–water partition coefficient (Wildman–Crippen LogP) is 5.88. The van der Waals surface area contributed by atoms with Crippen LogP contribution in [0, 0.1) is 6.92 Å². The lowest BCUT2D eigenvalue weighted by Crippen LogP contribution is -2.29. The van der Waals surface area contributed by atoms with Crippen LogP contribution in [-0.4, -0.2) is 21.8 Å². The first-order chi connectivity index (χ1) is 15.4. The van der Waals surface area contributed by atoms with E-state index >= 15 is 0 Å². The molecule has 2 heterocycles. The highest BCUT2D eigenvalue weighted by Crippen LogP contribution is 2.44. The van der Waals surface area contributed by atoms with Gasteiger partial charge in [-0.2, -0.15) is 0 Å². The SMILES string of the molecule is Cc1ccc2nc(N3C(=O)C(=O)C(=C(O)c4ccccc4)[C@H]3c3ccc(Cl)cc3)sc2c1. The Morgan fingerprint density at radius 3 is 2.47 bits per heavy atom. The summed E-state index contributed by atoms with van der Waals surface area (Å²) < 4.78 is 0.916. The molecule has 0 spiro atoms. The first-order valence-electron chi connectivity index (χ1n) is 9.93. The Morgan fingerprint density at radius 2 is 1.75 bits per heavy atom. The summed E-state index contributed by atoms with van der Waals surface area (Å²) in [6, 6.07) is 20.6. The number of hydrogen-bond acceptors (Lipinski definition) is 5. The standard InChI is InChI=1S/C25H17ClN2O3S/c1-14-7-12-18-19(13-14)32-25(27-18)28-21(15-8-10-17(26)11-9-15)20(23(30)24(28)31)22(29)16-5-3-2-4-6-16/h2-13,21,29H,1H3/t21-/m1/s1. The number of nitrogens with zero attached hydrogens (tertiary/aromatic N) is 2. The van der Waals surface area contributed by atoms with Gasteiger partial charge >= 0.3 is 5.91 Å². The smallest absolute Gasteiger partial charge is 0.301 e. The Bertz CT molecular complexity index is 1390. The number of aromatic nitrogens is 1. The number of carbonyl (C=O) groups is 2. The van der Waals surface area contributed by atoms with E-state index in [0.29, 0.717) is 21.3 Å². The third-order valence-electron chi connectivity index (χ3n) is 5.42. The topological polar surface area (TPSA) is 70.5 Å². The van der Waals surface area contributed by atoms with Crippen LogP contribution >= 0.6 is 22.9 Å². The van der Waals surface area contributed by atoms with Crippen LogP contribution in [0.4, 0.5) is 5.13 Å². The van der Waals surface area contributed by atoms with Crippen LogP contribution in [-0.2, 0) is 9.59 Å². The zero-order chi connectivity index (χ0) is 22.4. The minimum absolute atomic E-state index is 0.0268. The van der Waals surface area contributed by atoms with Gasteiger partial charge in [0, 0.05) is 10.6 Å². The molecule has 5 rings (SSSR count). The number of Topliss-reactive ketones (excluding diaryl/α,β-unsaturated/α-hetero) is 1. The average molecular weight is 461 g/mol. The number of aliphatic hydroxyl groups is 1. The van der Waals surface area contributed by atoms with Gasteiger partial charge in [-0.25, -0.2) is 4.98 Å². The molecule has 1 aromatic heterocycles. The number of ketones is 1. The third kappa shape index (κ3) is 3.38. The average Bonchev–Trinajstić information content (AvgIpc) is 3.32. The van der Waals surface area contributed by atoms with Crippen molar-refractivity contribution < 1.29 is 14.7 Å². The number of halogens is 1. The minimum Gasteiger partial charge on any atom is -0.507 e. The third-order valence-corrected chi connectivity index (χ3v) is 6.69. The van der Waals surface area contributed by atoms with Crippen molar-refractivity contribution in [1.29, 1.82) is 0 Å². The molecule has 158 valence electrons. The van der Waals surface area contributed by atoms with Crippen molar-refractivity contribution in [2.45, 2.75) is 13.0 Å². The fourth-order valence-electron chi connectivity index (χ4n) is 3.86. The molecular formula is C25H17ClN2O3S. The molecule has 1 aliphatic rings. The van der Waals surface area contributed by atoms with E-state index in [2.05, 4.69) is 4.98 Å². The first-order valence-corrected chi connectivity index (χ1v) is 11.1. The van der Waals surface area contributed by atoms with E-state index in [1.54, 1.807) is 48.5 Å². The zero-order valence-electron chi connectivity index (χ0n) is 16.9. The number of aryl methyl sites for hydroxylation is 1. The molecule has 1 N–H and O–H groups in total. The molecule has 3 aromatic carbocycles. The molecule has 1 atom stereocenters. The van der Waals surface area contributed by atoms with Crippen LogP contribution in [0.1, 0.15) is 22.7 Å². The summed E-state index contributed by atoms with van der Waals surface area (Å²) in [5.74, 6) is -1.69. The number of hydrogen-bond donors (Lipinski definition) is 1. The Labute approximate surface area is 193 Å². The summed E-state index contributed by atoms with van der Waals surface area (Å²) in [5.41, 5.74) is 2.97. The maximum atomic E-state index is 13.2. The van der Waals surface area contributed by atoms with E-state index in [0.717, 1.165) is 15.8 Å². The maximum absolute atomic E-state index is 13.2. The number of amides is 1. The van der Waals surface area contributed by atoms with Gasteiger partial charge in [0.2, 0.25) is 0 Å². The molecule has 1 fully saturated rings. The molecule has 32 heavy (non-hydrogen) atoms. The number of anilines is 1. The molecule has 0 aliphatic carbocycles. The number of benzene rings is 3. The molecule has 1 saturated heterocycles. The second-order valence-electron chi connectivity index (χ2n) is 7.55. The van der Waals surface area contributed by atoms with Crippen LogP contribution in [0.5, 0.6) is 0 Å². The number of aliphatic hydroxyl groups excluding tert-OH is 1. The van der Waals surface area contributed by atoms with Crippen molar-refractivity contribution in [3.63, 3.8) is 0 Å². The lowest BCUT2D eigenvalue weighted by molar-refractivity contribution is -0.132. The molecule has 4 aromatic rings. The quantitative estimate of drug-likeness (QED) is 0.235. The number of fused-ring (bicyclic) bond motifs is 1. The highest BCUT2D eigenvalue weighted by Gasteiger charge is 2.48. The highest BCUT2D eigenvalue weighted by atomic mass is 35.5. The number of thiazole rings is 1. The van der Waals surface area contributed by atoms with Crippen molar-refractivity contribution in [3.05, 3.63) is 100 Å². The Morgan fingerprint density at radius 1 is 1.03 bits per heavy atom. The normalized spacial score (nSPS) is 17.9. The van der Waals surface area contributed by atoms with Crippen LogP contribution in [0.2, 0.25) is 5.02 Å². The fourth-order valence-corrected chi connectivity index (χ4v) is 5.08. The minimum atomic E-state index is -0.825. The summed E-state index contributed by atoms with van der Waals surface area (Å²) >= 11 is 7.41. The van der Waals surface area contributed by atoms with E-state index < -0.39 is 17.7 Å². The lowest BCUT2D eigenvalue weighted by Gasteiger charge is -2.23. The van der Waals surface area contributed by atoms with Crippen LogP contribution in [0.25, 0.3) is 16.0 Å². The van der Waals surface area contributed by atoms with Gasteiger partial charge in [-0.05, 0) is 42.3 Å². The highest BCUT2D eigenvalue weighted by molar-refractivity contribution is 7.22. The summed E-state index contributed by atoms with van der Waals surface area (Å²) in [6.45, 7) is 1.98. The van der Waals surface area contributed by atoms with Gasteiger partial charge in [0.1, 0.15) is 5.76 Å². The Balaban J connectivity index is 1.73. The zero-order valence-corrected chi connectivity index (χ0v) is 18.5. The van der Waals surface area contributed by atoms with Gasteiger partial charge in [-0.3, -0.25) is 14.5 Å². The molecule has 0 saturated carbocycles. The van der Waals surface area contributed by atoms with Crippen LogP contribution in [0.15, 0.2) is 78.4 Å². The molecule has 0 unspecified atom stereocenters. The van der Waals surface area contributed by atoms with E-state index in [1.165, 1.54) is 16.2 Å². The summed E-state index contributed by atoms with van der Waals surface area (Å²) in [4.78, 5) is 32.4. The van der Waals surface area contributed by atoms with E-state index in [9.17, 15) is 14.7 Å². The van der Waals surface area contributed by atoms with Gasteiger partial charge in [0.15, 0.2) is 5.13 Å². The van der Waals surface area contributed by atoms with Crippen molar-refractivity contribution >= 4 is 55.7 Å². The monoisotopic (exact) mass is 460 g/mol. The second kappa shape index (κ2) is 7.89. The first kappa shape index (κ1) is 20.4. The molecule has 0 radical (unpaired) electrons. The summed E-state index contributed by atoms with van der Waals surface area (Å²) in [6.07, 6.45) is 0. The molecule has 1 aliphatic heterocycles. The second-order valence-corrected chi connectivity index (χ2v) is 9.00. The molecular weight excluding hydrogens is 444 g/mol. The van der Waals surface area contributed by atoms with Gasteiger partial charge in [-0.1, -0.05) is 71.5 Å². The molecule has 0 bridgehead atoms. The van der Waals surface area contributed by atoms with Gasteiger partial charge in [0.25, 0.3) is 5.78 Å². The van der Waals surface area contributed by atoms with E-state index in [1.807, 2.05) is 31.2 Å².